The second-order valence-corrected chi connectivity index (χ2v) is 5.95. The van der Waals surface area contributed by atoms with Crippen LogP contribution in [0.15, 0.2) is 65.8 Å². The summed E-state index contributed by atoms with van der Waals surface area (Å²) in [6.45, 7) is 4.23. The number of allylic oxidation sites excluding steroid dienone is 2. The number of pyridine rings is 1. The predicted octanol–water partition coefficient (Wildman–Crippen LogP) is 4.26. The highest BCUT2D eigenvalue weighted by Crippen LogP contribution is 2.30. The molecule has 1 aliphatic rings. The first-order valence-electron chi connectivity index (χ1n) is 7.42. The Morgan fingerprint density at radius 3 is 2.52 bits per heavy atom. The van der Waals surface area contributed by atoms with Crippen molar-refractivity contribution < 1.29 is 0 Å². The molecule has 1 aromatic carbocycles. The monoisotopic (exact) mass is 326 g/mol. The van der Waals surface area contributed by atoms with Crippen molar-refractivity contribution in [3.05, 3.63) is 76.3 Å². The SMILES string of the molecule is CC1=C(Nc2cccc(Cl)c2)NN(C)C(c2ccncc2)=C1C. The van der Waals surface area contributed by atoms with Gasteiger partial charge in [-0.15, -0.1) is 0 Å². The van der Waals surface area contributed by atoms with Gasteiger partial charge in [-0.1, -0.05) is 17.7 Å². The molecule has 0 radical (unpaired) electrons. The van der Waals surface area contributed by atoms with Crippen molar-refractivity contribution in [1.29, 1.82) is 0 Å². The minimum atomic E-state index is 0.710. The molecule has 0 spiro atoms. The fourth-order valence-corrected chi connectivity index (χ4v) is 2.87. The van der Waals surface area contributed by atoms with Crippen LogP contribution in [0.4, 0.5) is 5.69 Å². The van der Waals surface area contributed by atoms with Crippen molar-refractivity contribution in [1.82, 2.24) is 15.4 Å². The molecule has 0 unspecified atom stereocenters. The minimum Gasteiger partial charge on any atom is -0.340 e. The van der Waals surface area contributed by atoms with Crippen LogP contribution in [0.1, 0.15) is 19.4 Å². The van der Waals surface area contributed by atoms with Crippen LogP contribution in [-0.4, -0.2) is 17.0 Å². The number of hydrogen-bond acceptors (Lipinski definition) is 4. The summed E-state index contributed by atoms with van der Waals surface area (Å²) in [6, 6.07) is 11.7. The number of hydrazine groups is 1. The molecular formula is C18H19ClN4. The van der Waals surface area contributed by atoms with Crippen LogP contribution in [0, 0.1) is 0 Å². The smallest absolute Gasteiger partial charge is 0.125 e. The van der Waals surface area contributed by atoms with Gasteiger partial charge >= 0.3 is 0 Å². The predicted molar refractivity (Wildman–Crippen MR) is 95.5 cm³/mol. The Labute approximate surface area is 141 Å². The van der Waals surface area contributed by atoms with Crippen molar-refractivity contribution in [2.45, 2.75) is 13.8 Å². The van der Waals surface area contributed by atoms with E-state index in [1.807, 2.05) is 60.8 Å². The van der Waals surface area contributed by atoms with Crippen LogP contribution < -0.4 is 10.7 Å². The van der Waals surface area contributed by atoms with Gasteiger partial charge in [-0.05, 0) is 55.3 Å². The normalized spacial score (nSPS) is 14.9. The summed E-state index contributed by atoms with van der Waals surface area (Å²) in [7, 11) is 2.01. The maximum atomic E-state index is 6.06. The largest absolute Gasteiger partial charge is 0.340 e. The maximum Gasteiger partial charge on any atom is 0.125 e. The average molecular weight is 327 g/mol. The molecule has 1 aromatic heterocycles. The maximum absolute atomic E-state index is 6.06. The van der Waals surface area contributed by atoms with Gasteiger partial charge in [0.1, 0.15) is 5.82 Å². The fourth-order valence-electron chi connectivity index (χ4n) is 2.68. The Morgan fingerprint density at radius 2 is 1.83 bits per heavy atom. The number of anilines is 1. The molecule has 118 valence electrons. The van der Waals surface area contributed by atoms with E-state index in [9.17, 15) is 0 Å². The standard InChI is InChI=1S/C18H19ClN4/c1-12-13(2)18(21-16-6-4-5-15(19)11-16)22-23(3)17(12)14-7-9-20-10-8-14/h4-11,21-22H,1-3H3. The third kappa shape index (κ3) is 3.17. The van der Waals surface area contributed by atoms with Crippen LogP contribution in [0.5, 0.6) is 0 Å². The zero-order valence-corrected chi connectivity index (χ0v) is 14.1. The molecule has 2 aromatic rings. The van der Waals surface area contributed by atoms with E-state index in [0.29, 0.717) is 5.02 Å². The molecule has 23 heavy (non-hydrogen) atoms. The molecule has 2 N–H and O–H groups in total. The van der Waals surface area contributed by atoms with Crippen molar-refractivity contribution in [2.75, 3.05) is 12.4 Å². The van der Waals surface area contributed by atoms with Gasteiger partial charge in [-0.3, -0.25) is 15.4 Å². The van der Waals surface area contributed by atoms with Crippen molar-refractivity contribution in [3.63, 3.8) is 0 Å². The van der Waals surface area contributed by atoms with Crippen molar-refractivity contribution in [2.24, 2.45) is 0 Å². The Balaban J connectivity index is 1.97. The molecule has 0 fully saturated rings. The Bertz CT molecular complexity index is 781. The molecule has 0 saturated carbocycles. The van der Waals surface area contributed by atoms with Gasteiger partial charge in [0.25, 0.3) is 0 Å². The number of nitrogens with zero attached hydrogens (tertiary/aromatic N) is 2. The summed E-state index contributed by atoms with van der Waals surface area (Å²) in [5.74, 6) is 0.949. The molecule has 0 aliphatic carbocycles. The lowest BCUT2D eigenvalue weighted by Gasteiger charge is -2.34. The molecule has 4 nitrogen and oxygen atoms in total. The number of hydrogen-bond donors (Lipinski definition) is 2. The molecule has 0 amide bonds. The van der Waals surface area contributed by atoms with Gasteiger partial charge in [-0.2, -0.15) is 0 Å². The van der Waals surface area contributed by atoms with Gasteiger partial charge in [0.05, 0.1) is 5.70 Å². The van der Waals surface area contributed by atoms with E-state index >= 15 is 0 Å². The summed E-state index contributed by atoms with van der Waals surface area (Å²) in [4.78, 5) is 4.09. The van der Waals surface area contributed by atoms with E-state index in [-0.39, 0.29) is 0 Å². The summed E-state index contributed by atoms with van der Waals surface area (Å²) in [5.41, 5.74) is 8.99. The van der Waals surface area contributed by atoms with E-state index in [2.05, 4.69) is 29.6 Å². The summed E-state index contributed by atoms with van der Waals surface area (Å²) in [5, 5.41) is 6.13. The second-order valence-electron chi connectivity index (χ2n) is 5.52. The average Bonchev–Trinajstić information content (AvgIpc) is 2.53. The third-order valence-electron chi connectivity index (χ3n) is 3.96. The lowest BCUT2D eigenvalue weighted by molar-refractivity contribution is 0.382. The third-order valence-corrected chi connectivity index (χ3v) is 4.19. The second kappa shape index (κ2) is 6.34. The Hall–Kier alpha value is -2.46. The molecule has 1 aliphatic heterocycles. The van der Waals surface area contributed by atoms with E-state index in [0.717, 1.165) is 28.3 Å². The Kier molecular flexibility index (Phi) is 4.26. The number of nitrogens with one attached hydrogen (secondary N) is 2. The van der Waals surface area contributed by atoms with Gasteiger partial charge in [0, 0.05) is 35.7 Å². The minimum absolute atomic E-state index is 0.710. The Morgan fingerprint density at radius 1 is 1.09 bits per heavy atom. The summed E-state index contributed by atoms with van der Waals surface area (Å²) >= 11 is 6.06. The molecule has 0 bridgehead atoms. The lowest BCUT2D eigenvalue weighted by Crippen LogP contribution is -2.39. The van der Waals surface area contributed by atoms with Crippen LogP contribution in [-0.2, 0) is 0 Å². The zero-order chi connectivity index (χ0) is 16.4. The van der Waals surface area contributed by atoms with Crippen LogP contribution in [0.2, 0.25) is 5.02 Å². The fraction of sp³-hybridized carbons (Fsp3) is 0.167. The molecule has 0 atom stereocenters. The first-order valence-corrected chi connectivity index (χ1v) is 7.79. The quantitative estimate of drug-likeness (QED) is 0.884. The first kappa shape index (κ1) is 15.4. The van der Waals surface area contributed by atoms with Crippen molar-refractivity contribution in [3.8, 4) is 0 Å². The van der Waals surface area contributed by atoms with Crippen LogP contribution in [0.3, 0.4) is 0 Å². The first-order chi connectivity index (χ1) is 11.1. The van der Waals surface area contributed by atoms with Gasteiger partial charge in [0.15, 0.2) is 0 Å². The van der Waals surface area contributed by atoms with Gasteiger partial charge in [-0.25, -0.2) is 0 Å². The highest BCUT2D eigenvalue weighted by molar-refractivity contribution is 6.30. The molecule has 3 rings (SSSR count). The number of aromatic nitrogens is 1. The highest BCUT2D eigenvalue weighted by Gasteiger charge is 2.21. The van der Waals surface area contributed by atoms with E-state index < -0.39 is 0 Å². The van der Waals surface area contributed by atoms with E-state index in [1.54, 1.807) is 0 Å². The number of rotatable bonds is 3. The van der Waals surface area contributed by atoms with Crippen LogP contribution >= 0.6 is 11.6 Å². The topological polar surface area (TPSA) is 40.2 Å². The van der Waals surface area contributed by atoms with E-state index in [1.165, 1.54) is 5.57 Å². The number of halogens is 1. The number of benzene rings is 1. The highest BCUT2D eigenvalue weighted by atomic mass is 35.5. The molecule has 2 heterocycles. The van der Waals surface area contributed by atoms with Gasteiger partial charge in [0.2, 0.25) is 0 Å². The van der Waals surface area contributed by atoms with Crippen LogP contribution in [0.25, 0.3) is 5.70 Å². The molecule has 0 saturated heterocycles. The van der Waals surface area contributed by atoms with Crippen molar-refractivity contribution >= 4 is 23.0 Å². The van der Waals surface area contributed by atoms with E-state index in [4.69, 9.17) is 11.6 Å². The summed E-state index contributed by atoms with van der Waals surface area (Å²) in [6.07, 6.45) is 3.62. The van der Waals surface area contributed by atoms with Gasteiger partial charge < -0.3 is 5.32 Å². The molecular weight excluding hydrogens is 308 g/mol. The summed E-state index contributed by atoms with van der Waals surface area (Å²) < 4.78 is 0. The zero-order valence-electron chi connectivity index (χ0n) is 13.4. The molecule has 5 heteroatoms. The lowest BCUT2D eigenvalue weighted by atomic mass is 10.0.